The highest BCUT2D eigenvalue weighted by Gasteiger charge is 2.36. The van der Waals surface area contributed by atoms with Crippen LogP contribution in [0.1, 0.15) is 103 Å². The molecule has 0 aliphatic carbocycles. The van der Waals surface area contributed by atoms with Gasteiger partial charge in [0.2, 0.25) is 0 Å². The van der Waals surface area contributed by atoms with Crippen LogP contribution in [-0.2, 0) is 28.2 Å². The lowest BCUT2D eigenvalue weighted by Crippen LogP contribution is -2.44. The molecule has 0 fully saturated rings. The van der Waals surface area contributed by atoms with E-state index in [9.17, 15) is 4.21 Å². The average molecular weight is 597 g/mol. The predicted octanol–water partition coefficient (Wildman–Crippen LogP) is 8.91. The van der Waals surface area contributed by atoms with E-state index in [4.69, 9.17) is 17.4 Å². The molecule has 0 heterocycles. The van der Waals surface area contributed by atoms with Gasteiger partial charge in [0.05, 0.1) is 0 Å². The van der Waals surface area contributed by atoms with E-state index in [2.05, 4.69) is 26.2 Å². The number of unbranched alkanes of at least 4 members (excludes halogenated alkanes) is 13. The minimum atomic E-state index is -2.38. The Morgan fingerprint density at radius 2 is 0.838 bits per heavy atom. The minimum Gasteiger partial charge on any atom is -0.455 e. The predicted molar refractivity (Wildman–Crippen MR) is 170 cm³/mol. The first-order valence-corrected chi connectivity index (χ1v) is 24.9. The van der Waals surface area contributed by atoms with Gasteiger partial charge >= 0.3 is 8.80 Å². The van der Waals surface area contributed by atoms with Gasteiger partial charge in [-0.15, -0.1) is 0 Å². The topological polar surface area (TPSA) is 54.0 Å². The quantitative estimate of drug-likeness (QED) is 0.0700. The van der Waals surface area contributed by atoms with Crippen LogP contribution in [0.3, 0.4) is 0 Å². The third kappa shape index (κ3) is 21.1. The number of hydrogen-bond acceptors (Lipinski definition) is 5. The van der Waals surface area contributed by atoms with E-state index in [1.54, 1.807) is 21.3 Å². The van der Waals surface area contributed by atoms with Crippen molar-refractivity contribution in [1.82, 2.24) is 0 Å². The molecule has 9 heteroatoms. The lowest BCUT2D eigenvalue weighted by atomic mass is 10.1. The molecule has 0 amide bonds. The molecule has 0 N–H and O–H groups in total. The van der Waals surface area contributed by atoms with Gasteiger partial charge in [-0.1, -0.05) is 90.4 Å². The smallest absolute Gasteiger partial charge is 0.455 e. The number of hydrogen-bond donors (Lipinski definition) is 0. The van der Waals surface area contributed by atoms with E-state index in [0.29, 0.717) is 0 Å². The molecule has 0 bridgehead atoms. The molecule has 0 spiro atoms. The van der Waals surface area contributed by atoms with Gasteiger partial charge in [-0.05, 0) is 51.1 Å². The molecular weight excluding hydrogens is 533 g/mol. The van der Waals surface area contributed by atoms with Crippen LogP contribution in [0.5, 0.6) is 0 Å². The molecule has 0 saturated heterocycles. The fourth-order valence-electron chi connectivity index (χ4n) is 5.20. The van der Waals surface area contributed by atoms with E-state index < -0.39 is 36.2 Å². The Morgan fingerprint density at radius 1 is 0.514 bits per heavy atom. The van der Waals surface area contributed by atoms with Crippen LogP contribution in [0.2, 0.25) is 44.3 Å². The molecule has 5 nitrogen and oxygen atoms in total. The van der Waals surface area contributed by atoms with Crippen LogP contribution in [0.4, 0.5) is 0 Å². The largest absolute Gasteiger partial charge is 0.500 e. The first kappa shape index (κ1) is 37.6. The van der Waals surface area contributed by atoms with Crippen molar-refractivity contribution in [3.8, 4) is 0 Å². The molecule has 224 valence electrons. The van der Waals surface area contributed by atoms with Gasteiger partial charge in [-0.3, -0.25) is 4.21 Å². The fraction of sp³-hybridized carbons (Fsp3) is 1.00. The maximum absolute atomic E-state index is 11.4. The molecule has 0 aromatic carbocycles. The van der Waals surface area contributed by atoms with E-state index in [0.717, 1.165) is 30.4 Å². The van der Waals surface area contributed by atoms with Gasteiger partial charge < -0.3 is 17.4 Å². The van der Waals surface area contributed by atoms with Crippen LogP contribution in [0.15, 0.2) is 0 Å². The summed E-state index contributed by atoms with van der Waals surface area (Å²) in [7, 11) is -0.980. The third-order valence-corrected chi connectivity index (χ3v) is 19.2. The Hall–Kier alpha value is 0.641. The monoisotopic (exact) mass is 596 g/mol. The van der Waals surface area contributed by atoms with Gasteiger partial charge in [-0.2, -0.15) is 0 Å². The molecule has 37 heavy (non-hydrogen) atoms. The van der Waals surface area contributed by atoms with E-state index >= 15 is 0 Å². The Bertz CT molecular complexity index is 552. The Balaban J connectivity index is 3.79. The van der Waals surface area contributed by atoms with Gasteiger partial charge in [0.1, 0.15) is 0 Å². The summed E-state index contributed by atoms with van der Waals surface area (Å²) < 4.78 is 34.8. The first-order chi connectivity index (χ1) is 17.6. The second kappa shape index (κ2) is 22.3. The van der Waals surface area contributed by atoms with Crippen molar-refractivity contribution in [2.45, 2.75) is 148 Å². The van der Waals surface area contributed by atoms with Crippen LogP contribution in [0.25, 0.3) is 0 Å². The lowest BCUT2D eigenvalue weighted by molar-refractivity contribution is 0.122. The standard InChI is InChI=1S/C28H64O5SSi3/c1-9-34(29)25-21-17-13-11-10-12-14-18-22-26-35(5,6)33-36(7,8)27-23-19-15-16-20-24-28-37(30-2,31-3)32-4/h9-28H2,1-8H3. The second-order valence-corrected chi connectivity index (χ2v) is 25.7. The Kier molecular flexibility index (Phi) is 22.7. The molecule has 0 aromatic heterocycles. The van der Waals surface area contributed by atoms with Crippen LogP contribution in [0, 0.1) is 0 Å². The third-order valence-electron chi connectivity index (χ3n) is 7.47. The molecule has 0 aromatic rings. The van der Waals surface area contributed by atoms with Crippen LogP contribution < -0.4 is 0 Å². The summed E-state index contributed by atoms with van der Waals surface area (Å²) in [6, 6.07) is 3.52. The molecule has 0 saturated carbocycles. The molecule has 0 radical (unpaired) electrons. The van der Waals surface area contributed by atoms with Crippen molar-refractivity contribution in [3.05, 3.63) is 0 Å². The van der Waals surface area contributed by atoms with Gasteiger partial charge in [0.15, 0.2) is 16.6 Å². The van der Waals surface area contributed by atoms with Crippen molar-refractivity contribution >= 4 is 36.2 Å². The summed E-state index contributed by atoms with van der Waals surface area (Å²) in [6.07, 6.45) is 19.4. The fourth-order valence-corrected chi connectivity index (χ4v) is 16.8. The molecular formula is C28H64O5SSi3. The van der Waals surface area contributed by atoms with Crippen LogP contribution >= 0.6 is 0 Å². The summed E-state index contributed by atoms with van der Waals surface area (Å²) in [4.78, 5) is 0. The maximum Gasteiger partial charge on any atom is 0.500 e. The van der Waals surface area contributed by atoms with Gasteiger partial charge in [-0.25, -0.2) is 0 Å². The molecule has 0 aliphatic rings. The summed E-state index contributed by atoms with van der Waals surface area (Å²) in [5.74, 6) is 1.72. The summed E-state index contributed by atoms with van der Waals surface area (Å²) in [5.41, 5.74) is 0. The molecule has 1 atom stereocenters. The highest BCUT2D eigenvalue weighted by molar-refractivity contribution is 7.84. The van der Waals surface area contributed by atoms with Crippen molar-refractivity contribution in [3.63, 3.8) is 0 Å². The summed E-state index contributed by atoms with van der Waals surface area (Å²) in [6.45, 7) is 11.8. The first-order valence-electron chi connectivity index (χ1n) is 15.3. The second-order valence-electron chi connectivity index (χ2n) is 11.9. The molecule has 1 unspecified atom stereocenters. The SMILES string of the molecule is CCS(=O)CCCCCCCCCCC[Si](C)(C)O[Si](C)(C)CCCCCCCC[Si](OC)(OC)OC. The van der Waals surface area contributed by atoms with E-state index in [1.165, 1.54) is 95.6 Å². The number of rotatable bonds is 27. The van der Waals surface area contributed by atoms with Gasteiger partial charge in [0.25, 0.3) is 0 Å². The maximum atomic E-state index is 11.4. The lowest BCUT2D eigenvalue weighted by Gasteiger charge is -2.34. The average Bonchev–Trinajstić information content (AvgIpc) is 2.85. The Morgan fingerprint density at radius 3 is 1.19 bits per heavy atom. The minimum absolute atomic E-state index is 0.575. The van der Waals surface area contributed by atoms with Crippen molar-refractivity contribution in [2.75, 3.05) is 32.8 Å². The zero-order valence-corrected chi connectivity index (χ0v) is 29.9. The van der Waals surface area contributed by atoms with Crippen molar-refractivity contribution < 1.29 is 21.6 Å². The summed E-state index contributed by atoms with van der Waals surface area (Å²) in [5, 5.41) is 0. The highest BCUT2D eigenvalue weighted by atomic mass is 32.2. The zero-order chi connectivity index (χ0) is 28.0. The summed E-state index contributed by atoms with van der Waals surface area (Å²) >= 11 is 0. The molecule has 0 rings (SSSR count). The highest BCUT2D eigenvalue weighted by Crippen LogP contribution is 2.26. The van der Waals surface area contributed by atoms with Crippen molar-refractivity contribution in [2.24, 2.45) is 0 Å². The van der Waals surface area contributed by atoms with E-state index in [1.807, 2.05) is 6.92 Å². The Labute approximate surface area is 237 Å². The van der Waals surface area contributed by atoms with E-state index in [-0.39, 0.29) is 0 Å². The van der Waals surface area contributed by atoms with Crippen molar-refractivity contribution in [1.29, 1.82) is 0 Å². The van der Waals surface area contributed by atoms with Gasteiger partial charge in [0, 0.05) is 49.7 Å². The zero-order valence-electron chi connectivity index (χ0n) is 26.1. The van der Waals surface area contributed by atoms with Crippen LogP contribution in [-0.4, -0.2) is 62.5 Å². The normalized spacial score (nSPS) is 13.8. The molecule has 0 aliphatic heterocycles.